The molecular weight excluding hydrogens is 280 g/mol. The van der Waals surface area contributed by atoms with Gasteiger partial charge in [0, 0.05) is 11.3 Å². The summed E-state index contributed by atoms with van der Waals surface area (Å²) in [5.74, 6) is 2.91. The van der Waals surface area contributed by atoms with Gasteiger partial charge in [0.25, 0.3) is 0 Å². The van der Waals surface area contributed by atoms with E-state index in [2.05, 4.69) is 24.4 Å². The van der Waals surface area contributed by atoms with E-state index in [9.17, 15) is 0 Å². The highest BCUT2D eigenvalue weighted by Gasteiger charge is 2.40. The number of rotatable bonds is 3. The molecule has 0 bridgehead atoms. The van der Waals surface area contributed by atoms with Crippen LogP contribution in [0.2, 0.25) is 0 Å². The number of aliphatic imine (C=N–C) groups is 1. The van der Waals surface area contributed by atoms with Gasteiger partial charge in [0.1, 0.15) is 5.75 Å². The van der Waals surface area contributed by atoms with E-state index in [0.717, 1.165) is 23.4 Å². The van der Waals surface area contributed by atoms with Gasteiger partial charge in [-0.25, -0.2) is 0 Å². The summed E-state index contributed by atoms with van der Waals surface area (Å²) >= 11 is 1.89. The highest BCUT2D eigenvalue weighted by Crippen LogP contribution is 2.38. The van der Waals surface area contributed by atoms with E-state index >= 15 is 0 Å². The molecule has 1 aliphatic carbocycles. The number of nitrogens with zero attached hydrogens (tertiary/aromatic N) is 1. The summed E-state index contributed by atoms with van der Waals surface area (Å²) < 4.78 is 5.26. The van der Waals surface area contributed by atoms with Crippen molar-refractivity contribution in [1.82, 2.24) is 5.32 Å². The standard InChI is InChI=1S/C17H24N2OS/c1-13-5-4-8-17(10-13)12-21-16(19-17)18-11-14-6-3-7-15(9-14)20-2/h3,6-7,9,13H,4-5,8,10-12H2,1-2H3,(H,18,19). The molecule has 1 aromatic carbocycles. The number of amidine groups is 1. The lowest BCUT2D eigenvalue weighted by atomic mass is 9.78. The summed E-state index contributed by atoms with van der Waals surface area (Å²) in [6.07, 6.45) is 5.31. The maximum Gasteiger partial charge on any atom is 0.157 e. The van der Waals surface area contributed by atoms with Gasteiger partial charge < -0.3 is 10.1 Å². The molecule has 0 radical (unpaired) electrons. The van der Waals surface area contributed by atoms with Crippen LogP contribution in [0.4, 0.5) is 0 Å². The van der Waals surface area contributed by atoms with Crippen molar-refractivity contribution >= 4 is 16.9 Å². The van der Waals surface area contributed by atoms with Gasteiger partial charge in [-0.2, -0.15) is 0 Å². The zero-order valence-corrected chi connectivity index (χ0v) is 13.7. The third-order valence-electron chi connectivity index (χ3n) is 4.49. The molecule has 2 unspecified atom stereocenters. The molecule has 2 atom stereocenters. The average Bonchev–Trinajstić information content (AvgIpc) is 2.88. The quantitative estimate of drug-likeness (QED) is 0.921. The molecule has 21 heavy (non-hydrogen) atoms. The normalized spacial score (nSPS) is 30.6. The molecule has 0 aromatic heterocycles. The van der Waals surface area contributed by atoms with E-state index in [1.807, 2.05) is 23.9 Å². The summed E-state index contributed by atoms with van der Waals surface area (Å²) in [7, 11) is 1.70. The van der Waals surface area contributed by atoms with Gasteiger partial charge in [-0.05, 0) is 36.5 Å². The van der Waals surface area contributed by atoms with Gasteiger partial charge in [-0.3, -0.25) is 4.99 Å². The Morgan fingerprint density at radius 1 is 1.48 bits per heavy atom. The Labute approximate surface area is 131 Å². The zero-order chi connectivity index (χ0) is 14.7. The van der Waals surface area contributed by atoms with Crippen LogP contribution in [0.1, 0.15) is 38.2 Å². The van der Waals surface area contributed by atoms with E-state index in [1.165, 1.54) is 37.0 Å². The average molecular weight is 304 g/mol. The second-order valence-electron chi connectivity index (χ2n) is 6.37. The van der Waals surface area contributed by atoms with Crippen LogP contribution in [0.5, 0.6) is 5.75 Å². The molecule has 3 rings (SSSR count). The van der Waals surface area contributed by atoms with Crippen molar-refractivity contribution < 1.29 is 4.74 Å². The van der Waals surface area contributed by atoms with E-state index < -0.39 is 0 Å². The first-order chi connectivity index (χ1) is 10.2. The molecule has 2 aliphatic rings. The summed E-state index contributed by atoms with van der Waals surface area (Å²) in [4.78, 5) is 4.76. The van der Waals surface area contributed by atoms with E-state index in [1.54, 1.807) is 7.11 Å². The van der Waals surface area contributed by atoms with Gasteiger partial charge in [0.2, 0.25) is 0 Å². The number of methoxy groups -OCH3 is 1. The first kappa shape index (κ1) is 14.8. The highest BCUT2D eigenvalue weighted by molar-refractivity contribution is 8.14. The van der Waals surface area contributed by atoms with Gasteiger partial charge >= 0.3 is 0 Å². The fraction of sp³-hybridized carbons (Fsp3) is 0.588. The van der Waals surface area contributed by atoms with E-state index in [0.29, 0.717) is 5.54 Å². The van der Waals surface area contributed by atoms with Crippen LogP contribution < -0.4 is 10.1 Å². The van der Waals surface area contributed by atoms with Crippen LogP contribution in [0.15, 0.2) is 29.3 Å². The Morgan fingerprint density at radius 2 is 2.38 bits per heavy atom. The molecular formula is C17H24N2OS. The second-order valence-corrected chi connectivity index (χ2v) is 7.33. The molecule has 2 fully saturated rings. The SMILES string of the molecule is COc1cccc(CN=C2NC3(CCCC(C)C3)CS2)c1. The van der Waals surface area contributed by atoms with Crippen LogP contribution in [-0.2, 0) is 6.54 Å². The Balaban J connectivity index is 1.62. The zero-order valence-electron chi connectivity index (χ0n) is 12.9. The molecule has 1 heterocycles. The molecule has 4 heteroatoms. The van der Waals surface area contributed by atoms with Gasteiger partial charge in [-0.1, -0.05) is 43.7 Å². The number of benzene rings is 1. The van der Waals surface area contributed by atoms with Crippen molar-refractivity contribution in [3.63, 3.8) is 0 Å². The lowest BCUT2D eigenvalue weighted by molar-refractivity contribution is 0.242. The van der Waals surface area contributed by atoms with Crippen LogP contribution in [-0.4, -0.2) is 23.6 Å². The van der Waals surface area contributed by atoms with Gasteiger partial charge in [-0.15, -0.1) is 0 Å². The third-order valence-corrected chi connectivity index (χ3v) is 5.69. The Hall–Kier alpha value is -1.16. The number of nitrogens with one attached hydrogen (secondary N) is 1. The molecule has 1 aliphatic heterocycles. The van der Waals surface area contributed by atoms with Gasteiger partial charge in [0.15, 0.2) is 5.17 Å². The highest BCUT2D eigenvalue weighted by atomic mass is 32.2. The largest absolute Gasteiger partial charge is 0.497 e. The topological polar surface area (TPSA) is 33.6 Å². The lowest BCUT2D eigenvalue weighted by Gasteiger charge is -2.36. The van der Waals surface area contributed by atoms with Crippen LogP contribution in [0.25, 0.3) is 0 Å². The molecule has 1 aromatic rings. The lowest BCUT2D eigenvalue weighted by Crippen LogP contribution is -2.47. The van der Waals surface area contributed by atoms with Crippen molar-refractivity contribution in [2.45, 2.75) is 44.7 Å². The smallest absolute Gasteiger partial charge is 0.157 e. The fourth-order valence-corrected chi connectivity index (χ4v) is 4.62. The van der Waals surface area contributed by atoms with E-state index in [4.69, 9.17) is 9.73 Å². The monoisotopic (exact) mass is 304 g/mol. The van der Waals surface area contributed by atoms with Crippen molar-refractivity contribution in [3.8, 4) is 5.75 Å². The number of hydrogen-bond acceptors (Lipinski definition) is 3. The minimum atomic E-state index is 0.315. The molecule has 1 saturated heterocycles. The van der Waals surface area contributed by atoms with Crippen molar-refractivity contribution in [1.29, 1.82) is 0 Å². The van der Waals surface area contributed by atoms with Crippen molar-refractivity contribution in [3.05, 3.63) is 29.8 Å². The molecule has 114 valence electrons. The molecule has 0 amide bonds. The fourth-order valence-electron chi connectivity index (χ4n) is 3.43. The molecule has 1 spiro atoms. The van der Waals surface area contributed by atoms with Crippen molar-refractivity contribution in [2.24, 2.45) is 10.9 Å². The number of thioether (sulfide) groups is 1. The van der Waals surface area contributed by atoms with Crippen molar-refractivity contribution in [2.75, 3.05) is 12.9 Å². The predicted octanol–water partition coefficient (Wildman–Crippen LogP) is 3.84. The third kappa shape index (κ3) is 3.54. The first-order valence-corrected chi connectivity index (χ1v) is 8.76. The number of ether oxygens (including phenoxy) is 1. The first-order valence-electron chi connectivity index (χ1n) is 7.77. The second kappa shape index (κ2) is 6.30. The van der Waals surface area contributed by atoms with Gasteiger partial charge in [0.05, 0.1) is 13.7 Å². The van der Waals surface area contributed by atoms with Crippen LogP contribution >= 0.6 is 11.8 Å². The molecule has 1 N–H and O–H groups in total. The summed E-state index contributed by atoms with van der Waals surface area (Å²) in [6.45, 7) is 3.09. The summed E-state index contributed by atoms with van der Waals surface area (Å²) in [5, 5.41) is 4.83. The molecule has 1 saturated carbocycles. The number of hydrogen-bond donors (Lipinski definition) is 1. The maximum atomic E-state index is 5.26. The maximum absolute atomic E-state index is 5.26. The van der Waals surface area contributed by atoms with Crippen LogP contribution in [0, 0.1) is 5.92 Å². The summed E-state index contributed by atoms with van der Waals surface area (Å²) in [6, 6.07) is 8.15. The summed E-state index contributed by atoms with van der Waals surface area (Å²) in [5.41, 5.74) is 1.51. The van der Waals surface area contributed by atoms with Crippen LogP contribution in [0.3, 0.4) is 0 Å². The Kier molecular flexibility index (Phi) is 4.43. The van der Waals surface area contributed by atoms with E-state index in [-0.39, 0.29) is 0 Å². The minimum Gasteiger partial charge on any atom is -0.497 e. The Morgan fingerprint density at radius 3 is 3.19 bits per heavy atom. The Bertz CT molecular complexity index is 531. The minimum absolute atomic E-state index is 0.315. The molecule has 3 nitrogen and oxygen atoms in total. The predicted molar refractivity (Wildman–Crippen MR) is 90.1 cm³/mol.